The second-order valence-corrected chi connectivity index (χ2v) is 6.25. The van der Waals surface area contributed by atoms with E-state index in [0.717, 1.165) is 10.9 Å². The maximum absolute atomic E-state index is 11.8. The van der Waals surface area contributed by atoms with Gasteiger partial charge < -0.3 is 34.9 Å². The summed E-state index contributed by atoms with van der Waals surface area (Å²) in [6, 6.07) is 4.03. The van der Waals surface area contributed by atoms with Gasteiger partial charge in [-0.3, -0.25) is 0 Å². The number of anilines is 1. The first kappa shape index (κ1) is 17.8. The monoisotopic (exact) mass is 351 g/mol. The van der Waals surface area contributed by atoms with E-state index in [0.29, 0.717) is 16.8 Å². The van der Waals surface area contributed by atoms with Crippen molar-refractivity contribution in [2.24, 2.45) is 0 Å². The number of hydrogen-bond acceptors (Lipinski definition) is 8. The fourth-order valence-electron chi connectivity index (χ4n) is 2.98. The van der Waals surface area contributed by atoms with Crippen molar-refractivity contribution in [3.8, 4) is 0 Å². The molecule has 0 saturated carbocycles. The van der Waals surface area contributed by atoms with E-state index < -0.39 is 42.9 Å². The average molecular weight is 351 g/mol. The molecule has 3 unspecified atom stereocenters. The smallest absolute Gasteiger partial charge is 0.339 e. The van der Waals surface area contributed by atoms with Gasteiger partial charge in [0.05, 0.1) is 6.61 Å². The minimum absolute atomic E-state index is 0.368. The number of aliphatic hydroxyl groups excluding tert-OH is 4. The summed E-state index contributed by atoms with van der Waals surface area (Å²) in [6.07, 6.45) is -5.21. The Morgan fingerprint density at radius 3 is 2.52 bits per heavy atom. The fraction of sp³-hybridized carbons (Fsp3) is 0.471. The van der Waals surface area contributed by atoms with Crippen LogP contribution in [-0.4, -0.2) is 57.7 Å². The van der Waals surface area contributed by atoms with E-state index in [-0.39, 0.29) is 0 Å². The highest BCUT2D eigenvalue weighted by molar-refractivity contribution is 5.84. The SMILES string of the molecule is Cc1c(C)c2ccc(NC3C(O)OC(CO)[C@@H](O)[C@@H]3O)cc2oc1=O. The van der Waals surface area contributed by atoms with Gasteiger partial charge in [0.15, 0.2) is 6.29 Å². The van der Waals surface area contributed by atoms with E-state index in [1.807, 2.05) is 6.92 Å². The van der Waals surface area contributed by atoms with Crippen molar-refractivity contribution < 1.29 is 29.6 Å². The van der Waals surface area contributed by atoms with Gasteiger partial charge in [-0.15, -0.1) is 0 Å². The van der Waals surface area contributed by atoms with Gasteiger partial charge in [0.1, 0.15) is 29.9 Å². The third-order valence-corrected chi connectivity index (χ3v) is 4.69. The summed E-state index contributed by atoms with van der Waals surface area (Å²) in [4.78, 5) is 11.8. The van der Waals surface area contributed by atoms with Crippen molar-refractivity contribution in [1.29, 1.82) is 0 Å². The van der Waals surface area contributed by atoms with Gasteiger partial charge in [0.25, 0.3) is 0 Å². The number of rotatable bonds is 3. The highest BCUT2D eigenvalue weighted by Crippen LogP contribution is 2.26. The maximum atomic E-state index is 11.8. The molecule has 1 aliphatic rings. The van der Waals surface area contributed by atoms with Gasteiger partial charge in [-0.05, 0) is 31.5 Å². The number of nitrogens with one attached hydrogen (secondary N) is 1. The van der Waals surface area contributed by atoms with Crippen LogP contribution in [0.25, 0.3) is 11.0 Å². The Labute approximate surface area is 143 Å². The standard InChI is InChI=1S/C17H21NO7/c1-7-8(2)16(22)24-11-5-9(3-4-10(7)11)18-13-15(21)14(20)12(6-19)25-17(13)23/h3-5,12-15,17-21,23H,6H2,1-2H3/t12?,13?,14-,15-,17?/m1/s1. The van der Waals surface area contributed by atoms with E-state index in [1.165, 1.54) is 0 Å². The lowest BCUT2D eigenvalue weighted by molar-refractivity contribution is -0.245. The summed E-state index contributed by atoms with van der Waals surface area (Å²) in [5.74, 6) is 0. The highest BCUT2D eigenvalue weighted by Gasteiger charge is 2.43. The Hall–Kier alpha value is -1.97. The van der Waals surface area contributed by atoms with Gasteiger partial charge >= 0.3 is 5.63 Å². The molecule has 5 N–H and O–H groups in total. The summed E-state index contributed by atoms with van der Waals surface area (Å²) in [5.41, 5.74) is 1.77. The van der Waals surface area contributed by atoms with Gasteiger partial charge in [-0.2, -0.15) is 0 Å². The lowest BCUT2D eigenvalue weighted by atomic mass is 9.96. The van der Waals surface area contributed by atoms with Crippen molar-refractivity contribution >= 4 is 16.7 Å². The molecule has 0 amide bonds. The third-order valence-electron chi connectivity index (χ3n) is 4.69. The predicted octanol–water partition coefficient (Wildman–Crippen LogP) is -0.378. The molecule has 25 heavy (non-hydrogen) atoms. The summed E-state index contributed by atoms with van der Waals surface area (Å²) in [7, 11) is 0. The predicted molar refractivity (Wildman–Crippen MR) is 89.3 cm³/mol. The largest absolute Gasteiger partial charge is 0.422 e. The number of hydrogen-bond donors (Lipinski definition) is 5. The second kappa shape index (κ2) is 6.74. The van der Waals surface area contributed by atoms with Gasteiger partial charge in [-0.1, -0.05) is 0 Å². The van der Waals surface area contributed by atoms with Gasteiger partial charge in [0, 0.05) is 22.7 Å². The van der Waals surface area contributed by atoms with Crippen LogP contribution in [0.3, 0.4) is 0 Å². The van der Waals surface area contributed by atoms with Crippen LogP contribution in [0.5, 0.6) is 0 Å². The first-order valence-corrected chi connectivity index (χ1v) is 7.94. The Morgan fingerprint density at radius 2 is 1.84 bits per heavy atom. The zero-order valence-corrected chi connectivity index (χ0v) is 13.8. The highest BCUT2D eigenvalue weighted by atomic mass is 16.6. The average Bonchev–Trinajstić information content (AvgIpc) is 2.59. The molecule has 1 aliphatic heterocycles. The molecule has 8 heteroatoms. The molecule has 1 aromatic carbocycles. The molecule has 8 nitrogen and oxygen atoms in total. The van der Waals surface area contributed by atoms with Crippen molar-refractivity contribution in [3.63, 3.8) is 0 Å². The normalized spacial score (nSPS) is 29.8. The zero-order valence-electron chi connectivity index (χ0n) is 13.8. The van der Waals surface area contributed by atoms with Crippen molar-refractivity contribution in [2.45, 2.75) is 44.5 Å². The third kappa shape index (κ3) is 3.14. The molecule has 2 heterocycles. The lowest BCUT2D eigenvalue weighted by Crippen LogP contribution is -2.61. The van der Waals surface area contributed by atoms with Gasteiger partial charge in [-0.25, -0.2) is 4.79 Å². The van der Waals surface area contributed by atoms with Crippen molar-refractivity contribution in [3.05, 3.63) is 39.7 Å². The molecular weight excluding hydrogens is 330 g/mol. The molecule has 1 fully saturated rings. The Bertz CT molecular complexity index is 834. The quantitative estimate of drug-likeness (QED) is 0.473. The number of benzene rings is 1. The van der Waals surface area contributed by atoms with E-state index in [1.54, 1.807) is 25.1 Å². The summed E-state index contributed by atoms with van der Waals surface area (Å²) >= 11 is 0. The first-order valence-electron chi connectivity index (χ1n) is 7.94. The zero-order chi connectivity index (χ0) is 18.3. The number of fused-ring (bicyclic) bond motifs is 1. The summed E-state index contributed by atoms with van der Waals surface area (Å²) in [6.45, 7) is 3.00. The first-order chi connectivity index (χ1) is 11.8. The summed E-state index contributed by atoms with van der Waals surface area (Å²) in [5, 5.41) is 42.9. The van der Waals surface area contributed by atoms with Crippen molar-refractivity contribution in [1.82, 2.24) is 0 Å². The number of ether oxygens (including phenoxy) is 1. The maximum Gasteiger partial charge on any atom is 0.339 e. The molecule has 5 atom stereocenters. The lowest BCUT2D eigenvalue weighted by Gasteiger charge is -2.40. The van der Waals surface area contributed by atoms with E-state index in [2.05, 4.69) is 5.32 Å². The van der Waals surface area contributed by atoms with Crippen LogP contribution >= 0.6 is 0 Å². The molecule has 1 aromatic heterocycles. The minimum atomic E-state index is -1.43. The van der Waals surface area contributed by atoms with Crippen LogP contribution < -0.4 is 10.9 Å². The molecule has 0 aliphatic carbocycles. The molecule has 2 aromatic rings. The molecular formula is C17H21NO7. The van der Waals surface area contributed by atoms with Crippen LogP contribution in [0.15, 0.2) is 27.4 Å². The van der Waals surface area contributed by atoms with E-state index in [9.17, 15) is 20.1 Å². The molecule has 0 radical (unpaired) electrons. The minimum Gasteiger partial charge on any atom is -0.422 e. The Kier molecular flexibility index (Phi) is 4.81. The Balaban J connectivity index is 1.90. The van der Waals surface area contributed by atoms with E-state index in [4.69, 9.17) is 14.3 Å². The molecule has 0 spiro atoms. The molecule has 3 rings (SSSR count). The second-order valence-electron chi connectivity index (χ2n) is 6.25. The Morgan fingerprint density at radius 1 is 1.12 bits per heavy atom. The van der Waals surface area contributed by atoms with Crippen LogP contribution in [0.2, 0.25) is 0 Å². The number of aliphatic hydroxyl groups is 4. The van der Waals surface area contributed by atoms with Crippen LogP contribution in [-0.2, 0) is 4.74 Å². The van der Waals surface area contributed by atoms with Crippen molar-refractivity contribution in [2.75, 3.05) is 11.9 Å². The fourth-order valence-corrected chi connectivity index (χ4v) is 2.98. The van der Waals surface area contributed by atoms with E-state index >= 15 is 0 Å². The molecule has 1 saturated heterocycles. The number of aryl methyl sites for hydroxylation is 1. The van der Waals surface area contributed by atoms with Gasteiger partial charge in [0.2, 0.25) is 0 Å². The molecule has 0 bridgehead atoms. The topological polar surface area (TPSA) is 132 Å². The summed E-state index contributed by atoms with van der Waals surface area (Å²) < 4.78 is 10.4. The molecule has 136 valence electrons. The van der Waals surface area contributed by atoms with Crippen LogP contribution in [0, 0.1) is 13.8 Å². The van der Waals surface area contributed by atoms with Crippen LogP contribution in [0.4, 0.5) is 5.69 Å². The van der Waals surface area contributed by atoms with Crippen LogP contribution in [0.1, 0.15) is 11.1 Å².